The molecule has 154 valence electrons. The van der Waals surface area contributed by atoms with Crippen molar-refractivity contribution < 1.29 is 13.9 Å². The van der Waals surface area contributed by atoms with E-state index < -0.39 is 0 Å². The molecular weight excluding hydrogens is 375 g/mol. The molecular formula is C21H25FN4O3. The summed E-state index contributed by atoms with van der Waals surface area (Å²) in [6.45, 7) is 3.87. The Morgan fingerprint density at radius 1 is 1.21 bits per heavy atom. The maximum absolute atomic E-state index is 13.4. The molecule has 2 aliphatic heterocycles. The van der Waals surface area contributed by atoms with Crippen LogP contribution in [0.2, 0.25) is 0 Å². The molecule has 3 heterocycles. The molecule has 1 aromatic heterocycles. The van der Waals surface area contributed by atoms with Gasteiger partial charge >= 0.3 is 0 Å². The fraction of sp³-hybridized carbons (Fsp3) is 0.476. The Balaban J connectivity index is 1.43. The van der Waals surface area contributed by atoms with Crippen molar-refractivity contribution in [1.82, 2.24) is 14.7 Å². The molecule has 8 heteroatoms. The van der Waals surface area contributed by atoms with Crippen molar-refractivity contribution >= 4 is 11.6 Å². The van der Waals surface area contributed by atoms with E-state index in [4.69, 9.17) is 4.74 Å². The van der Waals surface area contributed by atoms with E-state index in [9.17, 15) is 14.0 Å². The largest absolute Gasteiger partial charge is 0.378 e. The van der Waals surface area contributed by atoms with E-state index >= 15 is 0 Å². The van der Waals surface area contributed by atoms with Crippen LogP contribution in [-0.2, 0) is 16.0 Å². The average Bonchev–Trinajstić information content (AvgIpc) is 2.74. The summed E-state index contributed by atoms with van der Waals surface area (Å²) >= 11 is 0. The summed E-state index contributed by atoms with van der Waals surface area (Å²) in [5, 5.41) is 4.40. The van der Waals surface area contributed by atoms with Crippen molar-refractivity contribution in [2.45, 2.75) is 25.3 Å². The number of hydrogen-bond acceptors (Lipinski definition) is 5. The minimum absolute atomic E-state index is 0.0571. The van der Waals surface area contributed by atoms with Gasteiger partial charge in [-0.2, -0.15) is 5.10 Å². The minimum atomic E-state index is -0.345. The Morgan fingerprint density at radius 3 is 2.79 bits per heavy atom. The molecule has 0 bridgehead atoms. The minimum Gasteiger partial charge on any atom is -0.378 e. The molecule has 4 rings (SSSR count). The van der Waals surface area contributed by atoms with Gasteiger partial charge in [-0.1, -0.05) is 12.1 Å². The number of ether oxygens (including phenoxy) is 1. The second kappa shape index (κ2) is 8.73. The molecule has 2 saturated heterocycles. The van der Waals surface area contributed by atoms with Gasteiger partial charge in [-0.15, -0.1) is 0 Å². The predicted octanol–water partition coefficient (Wildman–Crippen LogP) is 1.63. The normalized spacial score (nSPS) is 20.0. The molecule has 1 aromatic carbocycles. The van der Waals surface area contributed by atoms with Crippen LogP contribution in [0.3, 0.4) is 0 Å². The maximum Gasteiger partial charge on any atom is 0.269 e. The van der Waals surface area contributed by atoms with Crippen molar-refractivity contribution in [3.63, 3.8) is 0 Å². The standard InChI is InChI=1S/C21H25FN4O3/c22-17-4-1-3-16(11-17)12-20(27)25-6-2-5-18(15-25)26-21(28)13-19(14-23-26)24-7-9-29-10-8-24/h1,3-4,11,13-14,18H,2,5-10,12,15H2/t18-/m1/s1. The highest BCUT2D eigenvalue weighted by Gasteiger charge is 2.26. The van der Waals surface area contributed by atoms with Crippen molar-refractivity contribution in [2.75, 3.05) is 44.3 Å². The van der Waals surface area contributed by atoms with Gasteiger partial charge in [0.1, 0.15) is 5.82 Å². The summed E-state index contributed by atoms with van der Waals surface area (Å²) in [7, 11) is 0. The Bertz CT molecular complexity index is 926. The summed E-state index contributed by atoms with van der Waals surface area (Å²) in [5.41, 5.74) is 1.31. The van der Waals surface area contributed by atoms with E-state index in [1.54, 1.807) is 29.3 Å². The number of morpholine rings is 1. The lowest BCUT2D eigenvalue weighted by Gasteiger charge is -2.33. The summed E-state index contributed by atoms with van der Waals surface area (Å²) < 4.78 is 20.2. The molecule has 1 atom stereocenters. The first kappa shape index (κ1) is 19.6. The number of nitrogens with zero attached hydrogens (tertiary/aromatic N) is 4. The third-order valence-electron chi connectivity index (χ3n) is 5.53. The molecule has 2 aromatic rings. The van der Waals surface area contributed by atoms with E-state index in [0.29, 0.717) is 31.9 Å². The van der Waals surface area contributed by atoms with Crippen LogP contribution in [0.5, 0.6) is 0 Å². The SMILES string of the molecule is O=C(Cc1cccc(F)c1)N1CCC[C@@H](n2ncc(N3CCOCC3)cc2=O)C1. The molecule has 0 unspecified atom stereocenters. The van der Waals surface area contributed by atoms with E-state index in [2.05, 4.69) is 10.00 Å². The number of benzene rings is 1. The second-order valence-corrected chi connectivity index (χ2v) is 7.54. The Morgan fingerprint density at radius 2 is 2.03 bits per heavy atom. The lowest BCUT2D eigenvalue weighted by Crippen LogP contribution is -2.44. The van der Waals surface area contributed by atoms with Crippen molar-refractivity contribution in [3.05, 3.63) is 58.3 Å². The van der Waals surface area contributed by atoms with E-state index in [0.717, 1.165) is 31.6 Å². The Hall–Kier alpha value is -2.74. The molecule has 0 saturated carbocycles. The first-order valence-electron chi connectivity index (χ1n) is 10.0. The number of halogens is 1. The highest BCUT2D eigenvalue weighted by Crippen LogP contribution is 2.21. The van der Waals surface area contributed by atoms with Gasteiger partial charge in [-0.25, -0.2) is 9.07 Å². The van der Waals surface area contributed by atoms with Gasteiger partial charge in [0.15, 0.2) is 0 Å². The molecule has 29 heavy (non-hydrogen) atoms. The van der Waals surface area contributed by atoms with Crippen LogP contribution in [0, 0.1) is 5.82 Å². The number of aromatic nitrogens is 2. The zero-order chi connectivity index (χ0) is 20.2. The highest BCUT2D eigenvalue weighted by atomic mass is 19.1. The number of carbonyl (C=O) groups excluding carboxylic acids is 1. The van der Waals surface area contributed by atoms with Crippen LogP contribution in [0.1, 0.15) is 24.4 Å². The van der Waals surface area contributed by atoms with E-state index in [1.807, 2.05) is 0 Å². The summed E-state index contributed by atoms with van der Waals surface area (Å²) in [6.07, 6.45) is 3.48. The molecule has 2 aliphatic rings. The number of piperidine rings is 1. The maximum atomic E-state index is 13.4. The second-order valence-electron chi connectivity index (χ2n) is 7.54. The molecule has 0 spiro atoms. The van der Waals surface area contributed by atoms with Crippen molar-refractivity contribution in [3.8, 4) is 0 Å². The van der Waals surface area contributed by atoms with Gasteiger partial charge < -0.3 is 14.5 Å². The zero-order valence-electron chi connectivity index (χ0n) is 16.3. The van der Waals surface area contributed by atoms with Gasteiger partial charge in [-0.05, 0) is 30.5 Å². The number of anilines is 1. The van der Waals surface area contributed by atoms with Crippen LogP contribution in [0.25, 0.3) is 0 Å². The Kier molecular flexibility index (Phi) is 5.89. The van der Waals surface area contributed by atoms with Gasteiger partial charge in [-0.3, -0.25) is 9.59 Å². The first-order chi connectivity index (χ1) is 14.1. The molecule has 0 aliphatic carbocycles. The highest BCUT2D eigenvalue weighted by molar-refractivity contribution is 5.78. The van der Waals surface area contributed by atoms with Crippen LogP contribution >= 0.6 is 0 Å². The third-order valence-corrected chi connectivity index (χ3v) is 5.53. The predicted molar refractivity (Wildman–Crippen MR) is 106 cm³/mol. The molecule has 2 fully saturated rings. The number of hydrogen-bond donors (Lipinski definition) is 0. The van der Waals surface area contributed by atoms with Crippen LogP contribution in [0.4, 0.5) is 10.1 Å². The first-order valence-corrected chi connectivity index (χ1v) is 10.0. The van der Waals surface area contributed by atoms with E-state index in [-0.39, 0.29) is 29.7 Å². The summed E-state index contributed by atoms with van der Waals surface area (Å²) in [5.74, 6) is -0.402. The number of carbonyl (C=O) groups is 1. The van der Waals surface area contributed by atoms with Crippen molar-refractivity contribution in [2.24, 2.45) is 0 Å². The smallest absolute Gasteiger partial charge is 0.269 e. The van der Waals surface area contributed by atoms with Gasteiger partial charge in [0.25, 0.3) is 5.56 Å². The van der Waals surface area contributed by atoms with Gasteiger partial charge in [0, 0.05) is 32.2 Å². The number of rotatable bonds is 4. The number of likely N-dealkylation sites (tertiary alicyclic amines) is 1. The van der Waals surface area contributed by atoms with Gasteiger partial charge in [0.2, 0.25) is 5.91 Å². The van der Waals surface area contributed by atoms with E-state index in [1.165, 1.54) is 16.8 Å². The molecule has 0 radical (unpaired) electrons. The van der Waals surface area contributed by atoms with Crippen LogP contribution < -0.4 is 10.5 Å². The quantitative estimate of drug-likeness (QED) is 0.780. The fourth-order valence-corrected chi connectivity index (χ4v) is 3.99. The lowest BCUT2D eigenvalue weighted by molar-refractivity contribution is -0.132. The third kappa shape index (κ3) is 4.64. The number of amides is 1. The molecule has 7 nitrogen and oxygen atoms in total. The lowest BCUT2D eigenvalue weighted by atomic mass is 10.0. The average molecular weight is 400 g/mol. The monoisotopic (exact) mass is 400 g/mol. The van der Waals surface area contributed by atoms with Crippen LogP contribution in [0.15, 0.2) is 41.3 Å². The summed E-state index contributed by atoms with van der Waals surface area (Å²) in [6, 6.07) is 7.58. The van der Waals surface area contributed by atoms with Gasteiger partial charge in [0.05, 0.1) is 37.6 Å². The van der Waals surface area contributed by atoms with Crippen LogP contribution in [-0.4, -0.2) is 60.0 Å². The molecule has 0 N–H and O–H groups in total. The Labute approximate surface area is 168 Å². The van der Waals surface area contributed by atoms with Crippen molar-refractivity contribution in [1.29, 1.82) is 0 Å². The summed E-state index contributed by atoms with van der Waals surface area (Å²) in [4.78, 5) is 29.2. The molecule has 1 amide bonds. The zero-order valence-corrected chi connectivity index (χ0v) is 16.3. The fourth-order valence-electron chi connectivity index (χ4n) is 3.99. The topological polar surface area (TPSA) is 67.7 Å².